The number of aromatic nitrogens is 1. The molecule has 0 bridgehead atoms. The van der Waals surface area contributed by atoms with Crippen molar-refractivity contribution in [3.8, 4) is 0 Å². The number of rotatable bonds is 3. The molecule has 1 aromatic heterocycles. The van der Waals surface area contributed by atoms with E-state index < -0.39 is 0 Å². The second kappa shape index (κ2) is 4.71. The molecule has 2 rings (SSSR count). The molecule has 1 heterocycles. The summed E-state index contributed by atoms with van der Waals surface area (Å²) in [5, 5.41) is 0. The standard InChI is InChI=1S/C14H13NO/c1-11-3-2-4-12(9-11)10-14(16)13-5-7-15-8-6-13/h2-9H,10H2,1H3. The Labute approximate surface area is 95.0 Å². The third-order valence-electron chi connectivity index (χ3n) is 2.45. The number of aryl methyl sites for hydroxylation is 1. The van der Waals surface area contributed by atoms with Crippen LogP contribution in [0.1, 0.15) is 21.5 Å². The fourth-order valence-electron chi connectivity index (χ4n) is 1.65. The lowest BCUT2D eigenvalue weighted by Gasteiger charge is -2.02. The van der Waals surface area contributed by atoms with Crippen molar-refractivity contribution in [3.63, 3.8) is 0 Å². The van der Waals surface area contributed by atoms with Crippen molar-refractivity contribution in [2.75, 3.05) is 0 Å². The Morgan fingerprint density at radius 1 is 1.19 bits per heavy atom. The molecule has 16 heavy (non-hydrogen) atoms. The fraction of sp³-hybridized carbons (Fsp3) is 0.143. The third kappa shape index (κ3) is 2.54. The Bertz CT molecular complexity index is 491. The van der Waals surface area contributed by atoms with Crippen LogP contribution in [0.5, 0.6) is 0 Å². The van der Waals surface area contributed by atoms with Gasteiger partial charge in [-0.05, 0) is 24.6 Å². The van der Waals surface area contributed by atoms with Gasteiger partial charge in [0.2, 0.25) is 0 Å². The molecule has 0 saturated heterocycles. The topological polar surface area (TPSA) is 30.0 Å². The van der Waals surface area contributed by atoms with Crippen LogP contribution in [-0.2, 0) is 6.42 Å². The monoisotopic (exact) mass is 211 g/mol. The molecule has 0 spiro atoms. The highest BCUT2D eigenvalue weighted by atomic mass is 16.1. The largest absolute Gasteiger partial charge is 0.294 e. The minimum Gasteiger partial charge on any atom is -0.294 e. The van der Waals surface area contributed by atoms with Crippen molar-refractivity contribution in [2.45, 2.75) is 13.3 Å². The molecule has 0 aliphatic heterocycles. The predicted molar refractivity (Wildman–Crippen MR) is 63.5 cm³/mol. The van der Waals surface area contributed by atoms with E-state index in [0.717, 1.165) is 11.1 Å². The Morgan fingerprint density at radius 2 is 1.94 bits per heavy atom. The minimum absolute atomic E-state index is 0.132. The second-order valence-corrected chi connectivity index (χ2v) is 3.82. The van der Waals surface area contributed by atoms with Gasteiger partial charge in [-0.1, -0.05) is 29.8 Å². The Morgan fingerprint density at radius 3 is 2.62 bits per heavy atom. The van der Waals surface area contributed by atoms with Crippen molar-refractivity contribution in [1.29, 1.82) is 0 Å². The molecule has 0 N–H and O–H groups in total. The smallest absolute Gasteiger partial charge is 0.167 e. The lowest BCUT2D eigenvalue weighted by molar-refractivity contribution is 0.0993. The minimum atomic E-state index is 0.132. The van der Waals surface area contributed by atoms with Crippen molar-refractivity contribution in [2.24, 2.45) is 0 Å². The summed E-state index contributed by atoms with van der Waals surface area (Å²) in [6.45, 7) is 2.03. The predicted octanol–water partition coefficient (Wildman–Crippen LogP) is 2.82. The molecule has 80 valence electrons. The first-order chi connectivity index (χ1) is 7.75. The maximum atomic E-state index is 11.9. The molecular weight excluding hydrogens is 198 g/mol. The zero-order valence-electron chi connectivity index (χ0n) is 9.18. The van der Waals surface area contributed by atoms with Gasteiger partial charge in [-0.3, -0.25) is 9.78 Å². The quantitative estimate of drug-likeness (QED) is 0.731. The average Bonchev–Trinajstić information content (AvgIpc) is 2.30. The zero-order chi connectivity index (χ0) is 11.4. The third-order valence-corrected chi connectivity index (χ3v) is 2.45. The molecule has 0 radical (unpaired) electrons. The van der Waals surface area contributed by atoms with Gasteiger partial charge in [0, 0.05) is 24.4 Å². The summed E-state index contributed by atoms with van der Waals surface area (Å²) in [6, 6.07) is 11.5. The molecule has 0 unspecified atom stereocenters. The van der Waals surface area contributed by atoms with E-state index >= 15 is 0 Å². The van der Waals surface area contributed by atoms with E-state index in [4.69, 9.17) is 0 Å². The van der Waals surface area contributed by atoms with Crippen molar-refractivity contribution >= 4 is 5.78 Å². The molecule has 2 nitrogen and oxygen atoms in total. The number of Topliss-reactive ketones (excluding diaryl/α,β-unsaturated/α-hetero) is 1. The van der Waals surface area contributed by atoms with E-state index in [1.807, 2.05) is 31.2 Å². The van der Waals surface area contributed by atoms with Crippen molar-refractivity contribution in [3.05, 3.63) is 65.5 Å². The normalized spacial score (nSPS) is 10.1. The van der Waals surface area contributed by atoms with Crippen LogP contribution < -0.4 is 0 Å². The van der Waals surface area contributed by atoms with Gasteiger partial charge in [-0.15, -0.1) is 0 Å². The van der Waals surface area contributed by atoms with E-state index in [0.29, 0.717) is 6.42 Å². The maximum Gasteiger partial charge on any atom is 0.167 e. The molecule has 2 heteroatoms. The number of hydrogen-bond acceptors (Lipinski definition) is 2. The van der Waals surface area contributed by atoms with Crippen LogP contribution >= 0.6 is 0 Å². The number of pyridine rings is 1. The van der Waals surface area contributed by atoms with Gasteiger partial charge in [-0.25, -0.2) is 0 Å². The molecule has 0 fully saturated rings. The van der Waals surface area contributed by atoms with Crippen LogP contribution in [0, 0.1) is 6.92 Å². The van der Waals surface area contributed by atoms with Crippen molar-refractivity contribution in [1.82, 2.24) is 4.98 Å². The lowest BCUT2D eigenvalue weighted by Crippen LogP contribution is -2.03. The number of carbonyl (C=O) groups is 1. The molecule has 2 aromatic rings. The van der Waals surface area contributed by atoms with Crippen LogP contribution in [0.25, 0.3) is 0 Å². The van der Waals surface area contributed by atoms with Crippen LogP contribution in [0.15, 0.2) is 48.8 Å². The highest BCUT2D eigenvalue weighted by Crippen LogP contribution is 2.08. The van der Waals surface area contributed by atoms with Gasteiger partial charge in [0.25, 0.3) is 0 Å². The summed E-state index contributed by atoms with van der Waals surface area (Å²) < 4.78 is 0. The summed E-state index contributed by atoms with van der Waals surface area (Å²) >= 11 is 0. The lowest BCUT2D eigenvalue weighted by atomic mass is 10.0. The molecule has 0 aliphatic carbocycles. The fourth-order valence-corrected chi connectivity index (χ4v) is 1.65. The van der Waals surface area contributed by atoms with Gasteiger partial charge in [0.05, 0.1) is 0 Å². The summed E-state index contributed by atoms with van der Waals surface area (Å²) in [6.07, 6.45) is 3.73. The first kappa shape index (κ1) is 10.6. The number of carbonyl (C=O) groups excluding carboxylic acids is 1. The second-order valence-electron chi connectivity index (χ2n) is 3.82. The first-order valence-corrected chi connectivity index (χ1v) is 5.24. The van der Waals surface area contributed by atoms with Gasteiger partial charge in [0.1, 0.15) is 0 Å². The van der Waals surface area contributed by atoms with Crippen LogP contribution in [0.2, 0.25) is 0 Å². The molecule has 0 atom stereocenters. The average molecular weight is 211 g/mol. The first-order valence-electron chi connectivity index (χ1n) is 5.24. The van der Waals surface area contributed by atoms with E-state index in [9.17, 15) is 4.79 Å². The number of benzene rings is 1. The molecule has 0 aliphatic rings. The molecule has 1 aromatic carbocycles. The Kier molecular flexibility index (Phi) is 3.10. The van der Waals surface area contributed by atoms with E-state index in [1.165, 1.54) is 5.56 Å². The Hall–Kier alpha value is -1.96. The SMILES string of the molecule is Cc1cccc(CC(=O)c2ccncc2)c1. The molecule has 0 amide bonds. The summed E-state index contributed by atoms with van der Waals surface area (Å²) in [5.41, 5.74) is 2.96. The highest BCUT2D eigenvalue weighted by molar-refractivity contribution is 5.97. The summed E-state index contributed by atoms with van der Waals surface area (Å²) in [4.78, 5) is 15.8. The molecule has 0 saturated carbocycles. The number of ketones is 1. The van der Waals surface area contributed by atoms with Crippen LogP contribution in [-0.4, -0.2) is 10.8 Å². The van der Waals surface area contributed by atoms with Crippen LogP contribution in [0.3, 0.4) is 0 Å². The van der Waals surface area contributed by atoms with Gasteiger partial charge in [0.15, 0.2) is 5.78 Å². The zero-order valence-corrected chi connectivity index (χ0v) is 9.18. The van der Waals surface area contributed by atoms with E-state index in [-0.39, 0.29) is 5.78 Å². The highest BCUT2D eigenvalue weighted by Gasteiger charge is 2.06. The van der Waals surface area contributed by atoms with Crippen LogP contribution in [0.4, 0.5) is 0 Å². The maximum absolute atomic E-state index is 11.9. The van der Waals surface area contributed by atoms with Crippen molar-refractivity contribution < 1.29 is 4.79 Å². The summed E-state index contributed by atoms with van der Waals surface area (Å²) in [7, 11) is 0. The van der Waals surface area contributed by atoms with Gasteiger partial charge in [-0.2, -0.15) is 0 Å². The summed E-state index contributed by atoms with van der Waals surface area (Å²) in [5.74, 6) is 0.132. The van der Waals surface area contributed by atoms with E-state index in [2.05, 4.69) is 4.98 Å². The van der Waals surface area contributed by atoms with Gasteiger partial charge < -0.3 is 0 Å². The van der Waals surface area contributed by atoms with Gasteiger partial charge >= 0.3 is 0 Å². The molecular formula is C14H13NO. The number of hydrogen-bond donors (Lipinski definition) is 0. The Balaban J connectivity index is 2.14. The van der Waals surface area contributed by atoms with E-state index in [1.54, 1.807) is 24.5 Å². The number of nitrogens with zero attached hydrogens (tertiary/aromatic N) is 1.